The van der Waals surface area contributed by atoms with E-state index in [9.17, 15) is 13.6 Å². The highest BCUT2D eigenvalue weighted by Gasteiger charge is 2.58. The third kappa shape index (κ3) is 3.55. The molecule has 0 aromatic heterocycles. The highest BCUT2D eigenvalue weighted by molar-refractivity contribution is 5.88. The molecule has 0 aliphatic carbocycles. The summed E-state index contributed by atoms with van der Waals surface area (Å²) in [4.78, 5) is 21.4. The molecule has 4 heterocycles. The zero-order chi connectivity index (χ0) is 23.7. The van der Waals surface area contributed by atoms with Gasteiger partial charge in [0.25, 0.3) is 5.91 Å². The molecule has 2 aromatic carbocycles. The van der Waals surface area contributed by atoms with Crippen molar-refractivity contribution in [2.75, 3.05) is 13.1 Å². The number of rotatable bonds is 3. The van der Waals surface area contributed by atoms with Crippen LogP contribution in [-0.2, 0) is 16.0 Å². The SMILES string of the molecule is CC1(C)Cc2cccc(ON3CCC4(CC3)OC3CC[C@@H](c5cc(F)cc(F)c5)N3C4=O)c2O1. The van der Waals surface area contributed by atoms with Crippen LogP contribution in [0.3, 0.4) is 0 Å². The Hall–Kier alpha value is -2.71. The zero-order valence-electron chi connectivity index (χ0n) is 19.4. The van der Waals surface area contributed by atoms with Crippen molar-refractivity contribution in [2.24, 2.45) is 0 Å². The van der Waals surface area contributed by atoms with Gasteiger partial charge in [0.2, 0.25) is 0 Å². The van der Waals surface area contributed by atoms with Crippen LogP contribution in [0.1, 0.15) is 56.7 Å². The zero-order valence-corrected chi connectivity index (χ0v) is 19.4. The minimum absolute atomic E-state index is 0.0880. The third-order valence-electron chi connectivity index (χ3n) is 7.40. The summed E-state index contributed by atoms with van der Waals surface area (Å²) in [6.45, 7) is 5.17. The number of carbonyl (C=O) groups is 1. The Kier molecular flexibility index (Phi) is 4.90. The molecule has 4 aliphatic heterocycles. The maximum Gasteiger partial charge on any atom is 0.257 e. The molecule has 0 saturated carbocycles. The van der Waals surface area contributed by atoms with Crippen LogP contribution < -0.4 is 9.57 Å². The number of hydrogen-bond donors (Lipinski definition) is 0. The predicted molar refractivity (Wildman–Crippen MR) is 119 cm³/mol. The van der Waals surface area contributed by atoms with E-state index in [4.69, 9.17) is 14.3 Å². The van der Waals surface area contributed by atoms with Gasteiger partial charge in [-0.25, -0.2) is 8.78 Å². The van der Waals surface area contributed by atoms with Crippen LogP contribution in [-0.4, -0.2) is 46.4 Å². The molecule has 3 saturated heterocycles. The summed E-state index contributed by atoms with van der Waals surface area (Å²) in [5, 5.41) is 1.86. The van der Waals surface area contributed by atoms with E-state index in [2.05, 4.69) is 19.9 Å². The molecule has 4 aliphatic rings. The maximum absolute atomic E-state index is 13.8. The molecular weight excluding hydrogens is 442 g/mol. The van der Waals surface area contributed by atoms with E-state index in [1.165, 1.54) is 12.1 Å². The molecule has 0 bridgehead atoms. The van der Waals surface area contributed by atoms with Gasteiger partial charge < -0.3 is 19.2 Å². The number of piperidine rings is 1. The van der Waals surface area contributed by atoms with Crippen LogP contribution in [0.4, 0.5) is 8.78 Å². The third-order valence-corrected chi connectivity index (χ3v) is 7.40. The molecule has 8 heteroatoms. The summed E-state index contributed by atoms with van der Waals surface area (Å²) >= 11 is 0. The summed E-state index contributed by atoms with van der Waals surface area (Å²) in [7, 11) is 0. The molecule has 2 aromatic rings. The van der Waals surface area contributed by atoms with Crippen LogP contribution in [0.15, 0.2) is 36.4 Å². The van der Waals surface area contributed by atoms with Gasteiger partial charge in [0.1, 0.15) is 23.5 Å². The van der Waals surface area contributed by atoms with Gasteiger partial charge >= 0.3 is 0 Å². The fourth-order valence-electron chi connectivity index (χ4n) is 5.88. The molecule has 180 valence electrons. The molecule has 6 nitrogen and oxygen atoms in total. The van der Waals surface area contributed by atoms with E-state index in [-0.39, 0.29) is 23.8 Å². The predicted octanol–water partition coefficient (Wildman–Crippen LogP) is 4.53. The first-order valence-electron chi connectivity index (χ1n) is 11.9. The van der Waals surface area contributed by atoms with Gasteiger partial charge in [-0.1, -0.05) is 12.1 Å². The van der Waals surface area contributed by atoms with Gasteiger partial charge in [-0.05, 0) is 50.5 Å². The number of carbonyl (C=O) groups excluding carboxylic acids is 1. The highest BCUT2D eigenvalue weighted by Crippen LogP contribution is 2.48. The van der Waals surface area contributed by atoms with Gasteiger partial charge in [-0.15, -0.1) is 5.06 Å². The lowest BCUT2D eigenvalue weighted by atomic mass is 9.90. The van der Waals surface area contributed by atoms with E-state index in [1.54, 1.807) is 4.90 Å². The second-order valence-corrected chi connectivity index (χ2v) is 10.4. The number of amides is 1. The van der Waals surface area contributed by atoms with Crippen LogP contribution >= 0.6 is 0 Å². The average Bonchev–Trinajstić information content (AvgIpc) is 3.40. The lowest BCUT2D eigenvalue weighted by molar-refractivity contribution is -0.158. The number of para-hydroxylation sites is 1. The number of fused-ring (bicyclic) bond motifs is 2. The van der Waals surface area contributed by atoms with Crippen LogP contribution in [0.25, 0.3) is 0 Å². The molecule has 34 heavy (non-hydrogen) atoms. The van der Waals surface area contributed by atoms with E-state index >= 15 is 0 Å². The Bertz CT molecular complexity index is 1130. The van der Waals surface area contributed by atoms with E-state index in [0.29, 0.717) is 50.1 Å². The monoisotopic (exact) mass is 470 g/mol. The Morgan fingerprint density at radius 1 is 1.06 bits per heavy atom. The van der Waals surface area contributed by atoms with Crippen molar-refractivity contribution in [2.45, 2.75) is 69.4 Å². The Labute approximate surface area is 197 Å². The number of ether oxygens (including phenoxy) is 2. The lowest BCUT2D eigenvalue weighted by Crippen LogP contribution is -2.51. The molecule has 1 unspecified atom stereocenters. The minimum atomic E-state index is -0.911. The number of hydrogen-bond acceptors (Lipinski definition) is 5. The fourth-order valence-corrected chi connectivity index (χ4v) is 5.88. The van der Waals surface area contributed by atoms with Crippen LogP contribution in [0.5, 0.6) is 11.5 Å². The van der Waals surface area contributed by atoms with Crippen molar-refractivity contribution in [3.63, 3.8) is 0 Å². The van der Waals surface area contributed by atoms with Crippen molar-refractivity contribution in [1.82, 2.24) is 9.96 Å². The Morgan fingerprint density at radius 2 is 1.79 bits per heavy atom. The van der Waals surface area contributed by atoms with Gasteiger partial charge in [-0.2, -0.15) is 0 Å². The van der Waals surface area contributed by atoms with Crippen molar-refractivity contribution >= 4 is 5.91 Å². The van der Waals surface area contributed by atoms with E-state index in [1.807, 2.05) is 17.2 Å². The quantitative estimate of drug-likeness (QED) is 0.660. The number of halogens is 2. The molecule has 1 amide bonds. The maximum atomic E-state index is 13.8. The summed E-state index contributed by atoms with van der Waals surface area (Å²) in [6, 6.07) is 9.03. The van der Waals surface area contributed by atoms with Crippen molar-refractivity contribution in [3.05, 3.63) is 59.2 Å². The molecule has 2 atom stereocenters. The van der Waals surface area contributed by atoms with E-state index in [0.717, 1.165) is 23.8 Å². The van der Waals surface area contributed by atoms with Crippen molar-refractivity contribution in [1.29, 1.82) is 0 Å². The lowest BCUT2D eigenvalue weighted by Gasteiger charge is -2.37. The molecule has 1 spiro atoms. The van der Waals surface area contributed by atoms with Gasteiger partial charge in [0.05, 0.1) is 6.04 Å². The van der Waals surface area contributed by atoms with Gasteiger partial charge in [-0.3, -0.25) is 4.79 Å². The molecule has 0 radical (unpaired) electrons. The second-order valence-electron chi connectivity index (χ2n) is 10.4. The minimum Gasteiger partial charge on any atom is -0.483 e. The van der Waals surface area contributed by atoms with Gasteiger partial charge in [0, 0.05) is 44.0 Å². The van der Waals surface area contributed by atoms with Crippen molar-refractivity contribution < 1.29 is 27.9 Å². The topological polar surface area (TPSA) is 51.2 Å². The molecule has 6 rings (SSSR count). The number of hydroxylamine groups is 2. The highest BCUT2D eigenvalue weighted by atomic mass is 19.1. The molecular formula is C26H28F2N2O4. The van der Waals surface area contributed by atoms with Crippen LogP contribution in [0.2, 0.25) is 0 Å². The average molecular weight is 471 g/mol. The van der Waals surface area contributed by atoms with Gasteiger partial charge in [0.15, 0.2) is 17.1 Å². The van der Waals surface area contributed by atoms with Crippen molar-refractivity contribution in [3.8, 4) is 11.5 Å². The molecule has 0 N–H and O–H groups in total. The van der Waals surface area contributed by atoms with Crippen LogP contribution in [0, 0.1) is 11.6 Å². The first kappa shape index (κ1) is 21.8. The molecule has 3 fully saturated rings. The second kappa shape index (κ2) is 7.65. The van der Waals surface area contributed by atoms with E-state index < -0.39 is 17.2 Å². The summed E-state index contributed by atoms with van der Waals surface area (Å²) in [6.07, 6.45) is 2.73. The Morgan fingerprint density at radius 3 is 2.53 bits per heavy atom. The number of nitrogens with zero attached hydrogens (tertiary/aromatic N) is 2. The Balaban J connectivity index is 1.15. The standard InChI is InChI=1S/C26H28F2N2O4/c1-25(2)15-16-4-3-5-21(23(16)33-25)34-29-10-8-26(9-11-29)24(31)30-20(6-7-22(30)32-26)17-12-18(27)14-19(28)13-17/h3-5,12-14,20,22H,6-11,15H2,1-2H3/t20-,22?/m0/s1. The number of benzene rings is 2. The summed E-state index contributed by atoms with van der Waals surface area (Å²) in [5.41, 5.74) is 0.443. The first-order valence-corrected chi connectivity index (χ1v) is 11.9. The smallest absolute Gasteiger partial charge is 0.257 e. The summed E-state index contributed by atoms with van der Waals surface area (Å²) < 4.78 is 40.1. The first-order chi connectivity index (χ1) is 16.2. The fraction of sp³-hybridized carbons (Fsp3) is 0.500. The largest absolute Gasteiger partial charge is 0.483 e. The normalized spacial score (nSPS) is 27.1. The summed E-state index contributed by atoms with van der Waals surface area (Å²) in [5.74, 6) is 0.116.